The lowest BCUT2D eigenvalue weighted by Gasteiger charge is -2.27. The second-order valence-electron chi connectivity index (χ2n) is 6.23. The molecule has 26 heavy (non-hydrogen) atoms. The number of imidazole rings is 1. The number of aliphatic hydroxyl groups is 2. The lowest BCUT2D eigenvalue weighted by Crippen LogP contribution is -2.43. The molecule has 2 aromatic rings. The van der Waals surface area contributed by atoms with Crippen molar-refractivity contribution in [3.05, 3.63) is 39.7 Å². The predicted octanol–water partition coefficient (Wildman–Crippen LogP) is 3.74. The molecule has 0 bridgehead atoms. The maximum absolute atomic E-state index is 10.1. The Kier molecular flexibility index (Phi) is 9.16. The van der Waals surface area contributed by atoms with Gasteiger partial charge in [-0.3, -0.25) is 0 Å². The van der Waals surface area contributed by atoms with Gasteiger partial charge in [0.2, 0.25) is 0 Å². The lowest BCUT2D eigenvalue weighted by atomic mass is 9.99. The van der Waals surface area contributed by atoms with Crippen molar-refractivity contribution in [2.24, 2.45) is 0 Å². The van der Waals surface area contributed by atoms with Gasteiger partial charge < -0.3 is 20.1 Å². The minimum Gasteiger partial charge on any atom is -0.391 e. The molecule has 1 saturated heterocycles. The normalized spacial score (nSPS) is 20.6. The van der Waals surface area contributed by atoms with Crippen molar-refractivity contribution in [3.63, 3.8) is 0 Å². The zero-order valence-electron chi connectivity index (χ0n) is 14.3. The highest BCUT2D eigenvalue weighted by Gasteiger charge is 2.20. The highest BCUT2D eigenvalue weighted by atomic mass is 35.5. The summed E-state index contributed by atoms with van der Waals surface area (Å²) in [7, 11) is 0. The fraction of sp³-hybridized carbons (Fsp3) is 0.471. The summed E-state index contributed by atoms with van der Waals surface area (Å²) in [5, 5.41) is 23.9. The second kappa shape index (κ2) is 10.1. The van der Waals surface area contributed by atoms with Crippen LogP contribution in [-0.2, 0) is 13.2 Å². The minimum atomic E-state index is -0.362. The van der Waals surface area contributed by atoms with E-state index >= 15 is 0 Å². The quantitative estimate of drug-likeness (QED) is 0.630. The molecule has 9 heteroatoms. The number of rotatable bonds is 4. The van der Waals surface area contributed by atoms with Crippen molar-refractivity contribution in [1.29, 1.82) is 0 Å². The molecule has 0 saturated carbocycles. The van der Waals surface area contributed by atoms with E-state index in [0.717, 1.165) is 30.5 Å². The zero-order valence-corrected chi connectivity index (χ0v) is 17.4. The topological polar surface area (TPSA) is 70.3 Å². The molecule has 1 fully saturated rings. The summed E-state index contributed by atoms with van der Waals surface area (Å²) >= 11 is 12.2. The van der Waals surface area contributed by atoms with E-state index < -0.39 is 0 Å². The van der Waals surface area contributed by atoms with Crippen LogP contribution in [0.5, 0.6) is 0 Å². The molecule has 1 aliphatic rings. The number of fused-ring (bicyclic) bond motifs is 1. The second-order valence-corrected chi connectivity index (χ2v) is 7.04. The Morgan fingerprint density at radius 3 is 2.69 bits per heavy atom. The summed E-state index contributed by atoms with van der Waals surface area (Å²) in [6, 6.07) is 3.44. The van der Waals surface area contributed by atoms with Crippen molar-refractivity contribution in [2.45, 2.75) is 45.1 Å². The first kappa shape index (κ1) is 23.5. The van der Waals surface area contributed by atoms with Crippen LogP contribution in [0.1, 0.15) is 25.6 Å². The molecule has 0 aliphatic carbocycles. The Balaban J connectivity index is 0.00000169. The summed E-state index contributed by atoms with van der Waals surface area (Å²) in [6.45, 7) is 3.32. The third kappa shape index (κ3) is 5.04. The number of aliphatic hydroxyl groups excluding tert-OH is 2. The third-order valence-electron chi connectivity index (χ3n) is 4.35. The number of allylic oxidation sites excluding steroid dienone is 1. The highest BCUT2D eigenvalue weighted by molar-refractivity contribution is 6.42. The van der Waals surface area contributed by atoms with Gasteiger partial charge in [-0.05, 0) is 38.4 Å². The van der Waals surface area contributed by atoms with Gasteiger partial charge in [-0.15, -0.1) is 24.8 Å². The Labute approximate surface area is 175 Å². The number of nitrogens with zero attached hydrogens (tertiary/aromatic N) is 2. The van der Waals surface area contributed by atoms with Crippen LogP contribution in [0, 0.1) is 0 Å². The first-order valence-electron chi connectivity index (χ1n) is 8.03. The van der Waals surface area contributed by atoms with E-state index in [2.05, 4.69) is 10.3 Å². The molecule has 0 amide bonds. The molecule has 1 aliphatic heterocycles. The van der Waals surface area contributed by atoms with Gasteiger partial charge in [0.1, 0.15) is 12.4 Å². The van der Waals surface area contributed by atoms with Crippen LogP contribution in [-0.4, -0.2) is 38.5 Å². The van der Waals surface area contributed by atoms with Crippen LogP contribution >= 0.6 is 48.0 Å². The number of benzene rings is 1. The number of aromatic nitrogens is 2. The largest absolute Gasteiger partial charge is 0.391 e. The summed E-state index contributed by atoms with van der Waals surface area (Å²) in [6.07, 6.45) is 3.49. The zero-order chi connectivity index (χ0) is 17.3. The fourth-order valence-corrected chi connectivity index (χ4v) is 3.46. The summed E-state index contributed by atoms with van der Waals surface area (Å²) in [4.78, 5) is 4.43. The van der Waals surface area contributed by atoms with E-state index in [9.17, 15) is 10.2 Å². The van der Waals surface area contributed by atoms with E-state index in [1.807, 2.05) is 17.6 Å². The average molecular weight is 443 g/mol. The molecule has 0 radical (unpaired) electrons. The van der Waals surface area contributed by atoms with E-state index in [1.165, 1.54) is 0 Å². The first-order valence-corrected chi connectivity index (χ1v) is 8.79. The maximum atomic E-state index is 10.1. The molecule has 3 N–H and O–H groups in total. The molecule has 0 spiro atoms. The number of hydrogen-bond donors (Lipinski definition) is 3. The maximum Gasteiger partial charge on any atom is 0.136 e. The standard InChI is InChI=1S/C17H21Cl2N3O2.2ClH/c1-10(5-14-16(24)3-2-4-20-14)8-22-15-7-12(19)11(18)6-13(15)21-17(22)9-23;;/h5-7,14,16,20,23-24H,2-4,8-9H2,1H3;2*1H/b10-5+;;/t14-,16+;;/m1../s1. The Hall–Kier alpha value is -0.530. The van der Waals surface area contributed by atoms with Gasteiger partial charge in [0.15, 0.2) is 0 Å². The van der Waals surface area contributed by atoms with Crippen LogP contribution in [0.4, 0.5) is 0 Å². The molecule has 1 aromatic heterocycles. The van der Waals surface area contributed by atoms with Crippen molar-refractivity contribution < 1.29 is 10.2 Å². The first-order chi connectivity index (χ1) is 11.5. The van der Waals surface area contributed by atoms with Crippen LogP contribution in [0.15, 0.2) is 23.8 Å². The summed E-state index contributed by atoms with van der Waals surface area (Å²) in [5.41, 5.74) is 2.61. The van der Waals surface area contributed by atoms with E-state index in [0.29, 0.717) is 27.9 Å². The van der Waals surface area contributed by atoms with Gasteiger partial charge in [-0.1, -0.05) is 34.9 Å². The number of nitrogens with one attached hydrogen (secondary N) is 1. The van der Waals surface area contributed by atoms with Crippen molar-refractivity contribution >= 4 is 59.0 Å². The van der Waals surface area contributed by atoms with Gasteiger partial charge in [0, 0.05) is 6.54 Å². The molecule has 3 rings (SSSR count). The number of piperidine rings is 1. The summed E-state index contributed by atoms with van der Waals surface area (Å²) in [5.74, 6) is 0.563. The molecule has 0 unspecified atom stereocenters. The van der Waals surface area contributed by atoms with Crippen LogP contribution < -0.4 is 5.32 Å². The summed E-state index contributed by atoms with van der Waals surface area (Å²) < 4.78 is 1.93. The smallest absolute Gasteiger partial charge is 0.136 e. The van der Waals surface area contributed by atoms with Crippen molar-refractivity contribution in [2.75, 3.05) is 6.54 Å². The SMILES string of the molecule is C/C(=C\[C@H]1NCCC[C@@H]1O)Cn1c(CO)nc2cc(Cl)c(Cl)cc21.Cl.Cl. The molecule has 5 nitrogen and oxygen atoms in total. The predicted molar refractivity (Wildman–Crippen MR) is 111 cm³/mol. The molecule has 2 atom stereocenters. The fourth-order valence-electron chi connectivity index (χ4n) is 3.14. The van der Waals surface area contributed by atoms with Gasteiger partial charge in [-0.2, -0.15) is 0 Å². The van der Waals surface area contributed by atoms with Crippen LogP contribution in [0.25, 0.3) is 11.0 Å². The molecule has 2 heterocycles. The van der Waals surface area contributed by atoms with Crippen molar-refractivity contribution in [1.82, 2.24) is 14.9 Å². The molecular weight excluding hydrogens is 420 g/mol. The third-order valence-corrected chi connectivity index (χ3v) is 5.08. The molecule has 146 valence electrons. The van der Waals surface area contributed by atoms with E-state index in [4.69, 9.17) is 23.2 Å². The van der Waals surface area contributed by atoms with E-state index in [1.54, 1.807) is 12.1 Å². The molecule has 1 aromatic carbocycles. The van der Waals surface area contributed by atoms with Gasteiger partial charge in [0.05, 0.1) is 33.2 Å². The Bertz CT molecular complexity index is 779. The van der Waals surface area contributed by atoms with Gasteiger partial charge in [-0.25, -0.2) is 4.98 Å². The van der Waals surface area contributed by atoms with Crippen LogP contribution in [0.3, 0.4) is 0 Å². The number of halogens is 4. The van der Waals surface area contributed by atoms with Crippen molar-refractivity contribution in [3.8, 4) is 0 Å². The Morgan fingerprint density at radius 2 is 2.04 bits per heavy atom. The van der Waals surface area contributed by atoms with Gasteiger partial charge in [0.25, 0.3) is 0 Å². The lowest BCUT2D eigenvalue weighted by molar-refractivity contribution is 0.115. The van der Waals surface area contributed by atoms with E-state index in [-0.39, 0.29) is 43.6 Å². The van der Waals surface area contributed by atoms with Crippen LogP contribution in [0.2, 0.25) is 10.0 Å². The average Bonchev–Trinajstić information content (AvgIpc) is 2.87. The number of hydrogen-bond acceptors (Lipinski definition) is 4. The van der Waals surface area contributed by atoms with Gasteiger partial charge >= 0.3 is 0 Å². The monoisotopic (exact) mass is 441 g/mol. The minimum absolute atomic E-state index is 0. The highest BCUT2D eigenvalue weighted by Crippen LogP contribution is 2.29. The molecular formula is C17H23Cl4N3O2. The Morgan fingerprint density at radius 1 is 1.35 bits per heavy atom.